The van der Waals surface area contributed by atoms with E-state index in [4.69, 9.17) is 10.5 Å². The number of amides is 1. The monoisotopic (exact) mass is 256 g/mol. The summed E-state index contributed by atoms with van der Waals surface area (Å²) in [5, 5.41) is 2.86. The third-order valence-electron chi connectivity index (χ3n) is 3.62. The Kier molecular flexibility index (Phi) is 7.28. The number of nitrogens with two attached hydrogens (primary N) is 1. The van der Waals surface area contributed by atoms with Crippen LogP contribution >= 0.6 is 0 Å². The lowest BCUT2D eigenvalue weighted by Crippen LogP contribution is -2.32. The van der Waals surface area contributed by atoms with Crippen LogP contribution in [0.3, 0.4) is 0 Å². The second-order valence-corrected chi connectivity index (χ2v) is 5.59. The van der Waals surface area contributed by atoms with Crippen molar-refractivity contribution in [1.82, 2.24) is 5.32 Å². The van der Waals surface area contributed by atoms with E-state index in [9.17, 15) is 4.79 Å². The van der Waals surface area contributed by atoms with Crippen molar-refractivity contribution in [3.63, 3.8) is 0 Å². The molecule has 0 aromatic carbocycles. The van der Waals surface area contributed by atoms with Crippen LogP contribution < -0.4 is 11.1 Å². The summed E-state index contributed by atoms with van der Waals surface area (Å²) in [5.74, 6) is 1.28. The van der Waals surface area contributed by atoms with E-state index in [1.54, 1.807) is 0 Å². The van der Waals surface area contributed by atoms with Gasteiger partial charge in [0.1, 0.15) is 0 Å². The molecule has 2 atom stereocenters. The Morgan fingerprint density at radius 2 is 2.00 bits per heavy atom. The van der Waals surface area contributed by atoms with Crippen molar-refractivity contribution in [2.24, 2.45) is 17.6 Å². The molecule has 18 heavy (non-hydrogen) atoms. The second kappa shape index (κ2) is 8.48. The van der Waals surface area contributed by atoms with Crippen molar-refractivity contribution >= 4 is 5.91 Å². The zero-order chi connectivity index (χ0) is 13.4. The summed E-state index contributed by atoms with van der Waals surface area (Å²) in [4.78, 5) is 11.4. The van der Waals surface area contributed by atoms with E-state index in [2.05, 4.69) is 5.32 Å². The normalized spacial score (nSPS) is 24.2. The van der Waals surface area contributed by atoms with E-state index in [0.717, 1.165) is 13.2 Å². The summed E-state index contributed by atoms with van der Waals surface area (Å²) >= 11 is 0. The number of hydrogen-bond donors (Lipinski definition) is 2. The Bertz CT molecular complexity index is 244. The van der Waals surface area contributed by atoms with Crippen LogP contribution in [0, 0.1) is 11.8 Å². The quantitative estimate of drug-likeness (QED) is 0.681. The van der Waals surface area contributed by atoms with Gasteiger partial charge in [-0.1, -0.05) is 12.8 Å². The Hall–Kier alpha value is -0.610. The van der Waals surface area contributed by atoms with Crippen molar-refractivity contribution in [3.8, 4) is 0 Å². The molecule has 2 unspecified atom stereocenters. The lowest BCUT2D eigenvalue weighted by atomic mass is 9.80. The first-order valence-corrected chi connectivity index (χ1v) is 7.20. The molecule has 4 nitrogen and oxygen atoms in total. The average Bonchev–Trinajstić information content (AvgIpc) is 2.34. The molecule has 1 rings (SSSR count). The molecule has 1 saturated carbocycles. The Labute approximate surface area is 111 Å². The van der Waals surface area contributed by atoms with Crippen LogP contribution in [0.25, 0.3) is 0 Å². The van der Waals surface area contributed by atoms with Gasteiger partial charge in [-0.05, 0) is 45.1 Å². The summed E-state index contributed by atoms with van der Waals surface area (Å²) in [6.07, 6.45) is 5.50. The summed E-state index contributed by atoms with van der Waals surface area (Å²) in [6, 6.07) is 0.206. The van der Waals surface area contributed by atoms with Gasteiger partial charge in [0.05, 0.1) is 6.61 Å². The minimum absolute atomic E-state index is 0.0732. The van der Waals surface area contributed by atoms with Crippen LogP contribution in [0.15, 0.2) is 0 Å². The summed E-state index contributed by atoms with van der Waals surface area (Å²) in [6.45, 7) is 5.98. The van der Waals surface area contributed by atoms with Crippen LogP contribution in [0.5, 0.6) is 0 Å². The lowest BCUT2D eigenvalue weighted by molar-refractivity contribution is -0.122. The number of nitrogens with one attached hydrogen (secondary N) is 1. The van der Waals surface area contributed by atoms with E-state index >= 15 is 0 Å². The average molecular weight is 256 g/mol. The fourth-order valence-electron chi connectivity index (χ4n) is 2.61. The van der Waals surface area contributed by atoms with Gasteiger partial charge in [-0.3, -0.25) is 4.79 Å². The Balaban J connectivity index is 2.11. The molecule has 0 aromatic heterocycles. The lowest BCUT2D eigenvalue weighted by Gasteiger charge is -2.30. The predicted molar refractivity (Wildman–Crippen MR) is 73.2 cm³/mol. The zero-order valence-corrected chi connectivity index (χ0v) is 11.8. The molecular weight excluding hydrogens is 228 g/mol. The molecule has 0 bridgehead atoms. The predicted octanol–water partition coefficient (Wildman–Crippen LogP) is 1.68. The fourth-order valence-corrected chi connectivity index (χ4v) is 2.61. The van der Waals surface area contributed by atoms with Crippen LogP contribution in [0.2, 0.25) is 0 Å². The van der Waals surface area contributed by atoms with Gasteiger partial charge in [0.25, 0.3) is 0 Å². The molecule has 0 radical (unpaired) electrons. The molecule has 0 aromatic rings. The SMILES string of the molecule is CC(C)NC(=O)CCOCC1CCCCC1CN. The third-order valence-corrected chi connectivity index (χ3v) is 3.62. The van der Waals surface area contributed by atoms with Crippen molar-refractivity contribution in [3.05, 3.63) is 0 Å². The summed E-state index contributed by atoms with van der Waals surface area (Å²) < 4.78 is 5.64. The van der Waals surface area contributed by atoms with Crippen LogP contribution in [-0.2, 0) is 9.53 Å². The van der Waals surface area contributed by atoms with Crippen LogP contribution in [0.1, 0.15) is 46.0 Å². The van der Waals surface area contributed by atoms with Gasteiger partial charge in [0.2, 0.25) is 5.91 Å². The van der Waals surface area contributed by atoms with E-state index in [1.807, 2.05) is 13.8 Å². The molecule has 0 aliphatic heterocycles. The van der Waals surface area contributed by atoms with Crippen molar-refractivity contribution in [1.29, 1.82) is 0 Å². The number of ether oxygens (including phenoxy) is 1. The molecule has 0 spiro atoms. The maximum absolute atomic E-state index is 11.4. The van der Waals surface area contributed by atoms with Crippen molar-refractivity contribution < 1.29 is 9.53 Å². The zero-order valence-electron chi connectivity index (χ0n) is 11.8. The topological polar surface area (TPSA) is 64.3 Å². The smallest absolute Gasteiger partial charge is 0.222 e. The van der Waals surface area contributed by atoms with Gasteiger partial charge >= 0.3 is 0 Å². The second-order valence-electron chi connectivity index (χ2n) is 5.59. The van der Waals surface area contributed by atoms with Gasteiger partial charge in [-0.2, -0.15) is 0 Å². The number of rotatable bonds is 7. The van der Waals surface area contributed by atoms with Gasteiger partial charge in [-0.15, -0.1) is 0 Å². The van der Waals surface area contributed by atoms with Gasteiger partial charge in [0, 0.05) is 19.1 Å². The maximum atomic E-state index is 11.4. The van der Waals surface area contributed by atoms with Crippen molar-refractivity contribution in [2.45, 2.75) is 52.0 Å². The first-order chi connectivity index (χ1) is 8.63. The molecule has 1 fully saturated rings. The van der Waals surface area contributed by atoms with Gasteiger partial charge in [0.15, 0.2) is 0 Å². The molecule has 3 N–H and O–H groups in total. The van der Waals surface area contributed by atoms with Crippen LogP contribution in [0.4, 0.5) is 0 Å². The third kappa shape index (κ3) is 5.83. The highest BCUT2D eigenvalue weighted by Gasteiger charge is 2.23. The van der Waals surface area contributed by atoms with Crippen molar-refractivity contribution in [2.75, 3.05) is 19.8 Å². The Morgan fingerprint density at radius 3 is 2.61 bits per heavy atom. The molecule has 0 heterocycles. The molecule has 1 amide bonds. The molecular formula is C14H28N2O2. The highest BCUT2D eigenvalue weighted by atomic mass is 16.5. The molecule has 4 heteroatoms. The Morgan fingerprint density at radius 1 is 1.33 bits per heavy atom. The maximum Gasteiger partial charge on any atom is 0.222 e. The number of carbonyl (C=O) groups is 1. The van der Waals surface area contributed by atoms with Gasteiger partial charge in [-0.25, -0.2) is 0 Å². The highest BCUT2D eigenvalue weighted by molar-refractivity contribution is 5.76. The molecule has 1 aliphatic carbocycles. The fraction of sp³-hybridized carbons (Fsp3) is 0.929. The number of hydrogen-bond acceptors (Lipinski definition) is 3. The van der Waals surface area contributed by atoms with E-state index in [1.165, 1.54) is 25.7 Å². The summed E-state index contributed by atoms with van der Waals surface area (Å²) in [5.41, 5.74) is 5.78. The van der Waals surface area contributed by atoms with E-state index in [-0.39, 0.29) is 11.9 Å². The molecule has 1 aliphatic rings. The van der Waals surface area contributed by atoms with Gasteiger partial charge < -0.3 is 15.8 Å². The first-order valence-electron chi connectivity index (χ1n) is 7.20. The standard InChI is InChI=1S/C14H28N2O2/c1-11(2)16-14(17)7-8-18-10-13-6-4-3-5-12(13)9-15/h11-13H,3-10,15H2,1-2H3,(H,16,17). The highest BCUT2D eigenvalue weighted by Crippen LogP contribution is 2.29. The number of carbonyl (C=O) groups excluding carboxylic acids is 1. The van der Waals surface area contributed by atoms with Crippen LogP contribution in [-0.4, -0.2) is 31.7 Å². The molecule has 0 saturated heterocycles. The summed E-state index contributed by atoms with van der Waals surface area (Å²) in [7, 11) is 0. The molecule has 106 valence electrons. The largest absolute Gasteiger partial charge is 0.381 e. The van der Waals surface area contributed by atoms with E-state index in [0.29, 0.717) is 24.9 Å². The minimum atomic E-state index is 0.0732. The first kappa shape index (κ1) is 15.4. The van der Waals surface area contributed by atoms with E-state index < -0.39 is 0 Å². The minimum Gasteiger partial charge on any atom is -0.381 e.